The van der Waals surface area contributed by atoms with Crippen LogP contribution < -0.4 is 0 Å². The molecule has 19 heavy (non-hydrogen) atoms. The minimum absolute atomic E-state index is 0.565. The van der Waals surface area contributed by atoms with Crippen molar-refractivity contribution in [1.82, 2.24) is 16.0 Å². The zero-order valence-corrected chi connectivity index (χ0v) is 15.7. The van der Waals surface area contributed by atoms with Crippen LogP contribution in [-0.2, 0) is 4.74 Å². The fourth-order valence-corrected chi connectivity index (χ4v) is 5.02. The van der Waals surface area contributed by atoms with E-state index in [2.05, 4.69) is 82.8 Å². The van der Waals surface area contributed by atoms with Crippen LogP contribution in [0.1, 0.15) is 13.3 Å². The van der Waals surface area contributed by atoms with E-state index in [4.69, 9.17) is 4.74 Å². The Kier molecular flexibility index (Phi) is 3.69. The van der Waals surface area contributed by atoms with Gasteiger partial charge in [-0.15, -0.1) is 0 Å². The number of halogens is 2. The molecule has 3 aliphatic rings. The van der Waals surface area contributed by atoms with Gasteiger partial charge in [0.25, 0.3) is 0 Å². The lowest BCUT2D eigenvalue weighted by molar-refractivity contribution is 0.0721. The number of allylic oxidation sites excluding steroid dienone is 1. The summed E-state index contributed by atoms with van der Waals surface area (Å²) in [5.41, 5.74) is 1.37. The van der Waals surface area contributed by atoms with Gasteiger partial charge < -0.3 is 14.5 Å². The predicted molar refractivity (Wildman–Crippen MR) is 90.8 cm³/mol. The maximum absolute atomic E-state index is 5.93. The fraction of sp³-hybridized carbons (Fsp3) is 0.667. The van der Waals surface area contributed by atoms with E-state index in [1.54, 1.807) is 0 Å². The molecule has 0 fully saturated rings. The van der Waals surface area contributed by atoms with E-state index in [1.165, 1.54) is 17.9 Å². The molecule has 0 saturated carbocycles. The quantitative estimate of drug-likeness (QED) is 0.386. The highest BCUT2D eigenvalue weighted by Gasteiger charge is 2.40. The number of rotatable bonds is 0. The van der Waals surface area contributed by atoms with E-state index in [0.717, 1.165) is 31.4 Å². The maximum atomic E-state index is 5.93. The third-order valence-corrected chi connectivity index (χ3v) is 5.79. The van der Waals surface area contributed by atoms with Gasteiger partial charge in [0.2, 0.25) is 5.88 Å². The Morgan fingerprint density at radius 2 is 1.89 bits per heavy atom. The second-order valence-corrected chi connectivity index (χ2v) is 7.35. The van der Waals surface area contributed by atoms with E-state index < -0.39 is 0 Å². The van der Waals surface area contributed by atoms with Crippen LogP contribution in [0.15, 0.2) is 23.2 Å². The monoisotopic (exact) mass is 488 g/mol. The molecule has 3 aliphatic heterocycles. The van der Waals surface area contributed by atoms with Crippen molar-refractivity contribution in [3.8, 4) is 0 Å². The van der Waals surface area contributed by atoms with Crippen molar-refractivity contribution in [2.75, 3.05) is 33.8 Å². The first-order valence-corrected chi connectivity index (χ1v) is 8.40. The average molecular weight is 488 g/mol. The van der Waals surface area contributed by atoms with Crippen LogP contribution in [0.3, 0.4) is 0 Å². The van der Waals surface area contributed by atoms with Gasteiger partial charge in [0.15, 0.2) is 5.82 Å². The number of ether oxygens (including phenoxy) is 1. The van der Waals surface area contributed by atoms with Gasteiger partial charge in [-0.2, -0.15) is 0 Å². The lowest BCUT2D eigenvalue weighted by atomic mass is 9.97. The van der Waals surface area contributed by atoms with Crippen LogP contribution in [0.5, 0.6) is 0 Å². The van der Waals surface area contributed by atoms with Crippen molar-refractivity contribution < 1.29 is 4.74 Å². The maximum Gasteiger partial charge on any atom is 0.237 e. The van der Waals surface area contributed by atoms with Gasteiger partial charge in [-0.05, 0) is 6.42 Å². The van der Waals surface area contributed by atoms with E-state index in [1.807, 2.05) is 0 Å². The van der Waals surface area contributed by atoms with Gasteiger partial charge in [0, 0.05) is 26.6 Å². The van der Waals surface area contributed by atoms with Crippen molar-refractivity contribution in [1.29, 1.82) is 0 Å². The summed E-state index contributed by atoms with van der Waals surface area (Å²) in [5, 5.41) is 0. The summed E-state index contributed by atoms with van der Waals surface area (Å²) in [4.78, 5) is 4.59. The lowest BCUT2D eigenvalue weighted by Gasteiger charge is -2.48. The van der Waals surface area contributed by atoms with Crippen LogP contribution in [0, 0.1) is 5.92 Å². The third kappa shape index (κ3) is 2.07. The summed E-state index contributed by atoms with van der Waals surface area (Å²) in [6.07, 6.45) is 1.20. The highest BCUT2D eigenvalue weighted by Crippen LogP contribution is 2.43. The molecule has 0 N–H and O–H groups in total. The normalized spacial score (nSPS) is 27.5. The Hall–Kier alpha value is -0.0600. The molecule has 0 amide bonds. The molecule has 1 atom stereocenters. The Morgan fingerprint density at radius 3 is 2.63 bits per heavy atom. The van der Waals surface area contributed by atoms with Crippen LogP contribution in [0.4, 0.5) is 0 Å². The van der Waals surface area contributed by atoms with Gasteiger partial charge in [-0.25, -0.2) is 3.11 Å². The predicted octanol–water partition coefficient (Wildman–Crippen LogP) is 2.53. The summed E-state index contributed by atoms with van der Waals surface area (Å²) in [7, 11) is 4.30. The SMILES string of the molecule is CC1CCN(C)C2=C1N(C)C1=C(N(I)CCO1)N2I. The van der Waals surface area contributed by atoms with Crippen LogP contribution in [0.25, 0.3) is 0 Å². The molecule has 0 spiro atoms. The van der Waals surface area contributed by atoms with E-state index in [-0.39, 0.29) is 0 Å². The number of hydrogen-bond donors (Lipinski definition) is 0. The molecule has 0 aromatic carbocycles. The van der Waals surface area contributed by atoms with Gasteiger partial charge in [0.05, 0.1) is 58.0 Å². The Balaban J connectivity index is 2.10. The topological polar surface area (TPSA) is 22.2 Å². The van der Waals surface area contributed by atoms with Gasteiger partial charge >= 0.3 is 0 Å². The Bertz CT molecular complexity index is 465. The molecule has 7 heteroatoms. The van der Waals surface area contributed by atoms with Gasteiger partial charge in [-0.3, -0.25) is 3.11 Å². The first kappa shape index (κ1) is 13.9. The van der Waals surface area contributed by atoms with E-state index in [9.17, 15) is 0 Å². The summed E-state index contributed by atoms with van der Waals surface area (Å²) >= 11 is 4.77. The molecule has 0 bridgehead atoms. The first-order chi connectivity index (χ1) is 9.02. The molecule has 1 unspecified atom stereocenters. The average Bonchev–Trinajstić information content (AvgIpc) is 2.38. The van der Waals surface area contributed by atoms with E-state index in [0.29, 0.717) is 5.92 Å². The second kappa shape index (κ2) is 5.05. The Labute approximate surface area is 142 Å². The van der Waals surface area contributed by atoms with Crippen LogP contribution in [-0.4, -0.2) is 49.8 Å². The van der Waals surface area contributed by atoms with Gasteiger partial charge in [0.1, 0.15) is 12.4 Å². The van der Waals surface area contributed by atoms with Crippen LogP contribution >= 0.6 is 45.7 Å². The summed E-state index contributed by atoms with van der Waals surface area (Å²) < 4.78 is 10.4. The highest BCUT2D eigenvalue weighted by molar-refractivity contribution is 14.1. The number of nitrogens with zero attached hydrogens (tertiary/aromatic N) is 4. The lowest BCUT2D eigenvalue weighted by Crippen LogP contribution is -2.48. The summed E-state index contributed by atoms with van der Waals surface area (Å²) in [6.45, 7) is 5.09. The molecule has 0 aromatic heterocycles. The Morgan fingerprint density at radius 1 is 1.16 bits per heavy atom. The zero-order valence-electron chi connectivity index (χ0n) is 11.4. The fourth-order valence-electron chi connectivity index (χ4n) is 2.91. The summed E-state index contributed by atoms with van der Waals surface area (Å²) in [5.74, 6) is 3.99. The molecule has 0 aromatic rings. The highest BCUT2D eigenvalue weighted by atomic mass is 127. The summed E-state index contributed by atoms with van der Waals surface area (Å²) in [6, 6.07) is 0. The first-order valence-electron chi connectivity index (χ1n) is 6.47. The van der Waals surface area contributed by atoms with E-state index >= 15 is 0 Å². The molecular formula is C12H18I2N4O. The molecule has 0 radical (unpaired) electrons. The van der Waals surface area contributed by atoms with Crippen LogP contribution in [0.2, 0.25) is 0 Å². The largest absolute Gasteiger partial charge is 0.474 e. The molecule has 0 aliphatic carbocycles. The molecule has 3 heterocycles. The van der Waals surface area contributed by atoms with Gasteiger partial charge in [-0.1, -0.05) is 6.92 Å². The minimum Gasteiger partial charge on any atom is -0.474 e. The number of hydrogen-bond acceptors (Lipinski definition) is 5. The van der Waals surface area contributed by atoms with Crippen molar-refractivity contribution in [2.45, 2.75) is 13.3 Å². The molecule has 3 rings (SSSR count). The molecule has 106 valence electrons. The van der Waals surface area contributed by atoms with Crippen molar-refractivity contribution in [3.63, 3.8) is 0 Å². The van der Waals surface area contributed by atoms with Crippen molar-refractivity contribution in [3.05, 3.63) is 23.2 Å². The zero-order chi connectivity index (χ0) is 13.7. The molecule has 0 saturated heterocycles. The minimum atomic E-state index is 0.565. The molecule has 5 nitrogen and oxygen atoms in total. The van der Waals surface area contributed by atoms with Crippen molar-refractivity contribution >= 4 is 45.7 Å². The van der Waals surface area contributed by atoms with Crippen molar-refractivity contribution in [2.24, 2.45) is 5.92 Å². The standard InChI is InChI=1S/C12H18I2N4O/c1-8-4-5-15(2)10-9(8)16(3)12-11(18(10)14)17(13)6-7-19-12/h8H,4-7H2,1-3H3. The third-order valence-electron chi connectivity index (χ3n) is 3.94. The molecular weight excluding hydrogens is 470 g/mol. The smallest absolute Gasteiger partial charge is 0.237 e. The second-order valence-electron chi connectivity index (χ2n) is 5.22.